The highest BCUT2D eigenvalue weighted by Gasteiger charge is 2.14. The van der Waals surface area contributed by atoms with Gasteiger partial charge in [-0.05, 0) is 62.2 Å². The molecule has 0 saturated carbocycles. The normalized spacial score (nSPS) is 11.6. The van der Waals surface area contributed by atoms with Gasteiger partial charge < -0.3 is 4.74 Å². The van der Waals surface area contributed by atoms with E-state index >= 15 is 0 Å². The fraction of sp³-hybridized carbons (Fsp3) is 0.238. The van der Waals surface area contributed by atoms with Crippen LogP contribution in [0.25, 0.3) is 5.69 Å². The molecule has 0 amide bonds. The molecular formula is C21H22ClN3O2. The molecule has 1 N–H and O–H groups in total. The highest BCUT2D eigenvalue weighted by molar-refractivity contribution is 6.30. The number of H-pyrrole nitrogens is 1. The molecule has 5 nitrogen and oxygen atoms in total. The Morgan fingerprint density at radius 3 is 2.44 bits per heavy atom. The Labute approximate surface area is 163 Å². The van der Waals surface area contributed by atoms with Gasteiger partial charge in [-0.1, -0.05) is 23.7 Å². The zero-order chi connectivity index (χ0) is 19.4. The van der Waals surface area contributed by atoms with Crippen LogP contribution in [0.5, 0.6) is 5.75 Å². The summed E-state index contributed by atoms with van der Waals surface area (Å²) in [7, 11) is 1.61. The molecule has 27 heavy (non-hydrogen) atoms. The number of aromatic nitrogens is 2. The van der Waals surface area contributed by atoms with E-state index < -0.39 is 0 Å². The van der Waals surface area contributed by atoms with Crippen LogP contribution in [0, 0.1) is 6.92 Å². The Hall–Kier alpha value is -2.79. The van der Waals surface area contributed by atoms with Gasteiger partial charge in [0.15, 0.2) is 0 Å². The first kappa shape index (κ1) is 19.0. The molecule has 0 saturated heterocycles. The quantitative estimate of drug-likeness (QED) is 0.649. The molecule has 3 aromatic rings. The van der Waals surface area contributed by atoms with Crippen molar-refractivity contribution >= 4 is 17.3 Å². The van der Waals surface area contributed by atoms with E-state index in [-0.39, 0.29) is 5.56 Å². The molecule has 0 bridgehead atoms. The molecule has 3 rings (SSSR count). The van der Waals surface area contributed by atoms with Crippen molar-refractivity contribution in [3.8, 4) is 11.4 Å². The number of hydrogen-bond donors (Lipinski definition) is 1. The summed E-state index contributed by atoms with van der Waals surface area (Å²) < 4.78 is 6.70. The van der Waals surface area contributed by atoms with Crippen molar-refractivity contribution in [2.24, 2.45) is 4.99 Å². The SMILES string of the molecule is COc1ccc(-n2[nH]c(C)c(C(C)=NCCc3ccc(Cl)cc3)c2=O)cc1. The number of nitrogens with zero attached hydrogens (tertiary/aromatic N) is 2. The number of nitrogens with one attached hydrogen (secondary N) is 1. The molecule has 0 fully saturated rings. The van der Waals surface area contributed by atoms with Gasteiger partial charge in [0.1, 0.15) is 5.75 Å². The van der Waals surface area contributed by atoms with E-state index in [2.05, 4.69) is 10.1 Å². The van der Waals surface area contributed by atoms with E-state index in [1.165, 1.54) is 4.68 Å². The predicted molar refractivity (Wildman–Crippen MR) is 110 cm³/mol. The first-order valence-electron chi connectivity index (χ1n) is 8.71. The van der Waals surface area contributed by atoms with Gasteiger partial charge in [0.25, 0.3) is 5.56 Å². The maximum atomic E-state index is 12.9. The van der Waals surface area contributed by atoms with Crippen molar-refractivity contribution in [1.82, 2.24) is 9.78 Å². The first-order chi connectivity index (χ1) is 13.0. The van der Waals surface area contributed by atoms with E-state index in [1.54, 1.807) is 7.11 Å². The third-order valence-electron chi connectivity index (χ3n) is 4.43. The van der Waals surface area contributed by atoms with E-state index in [0.29, 0.717) is 12.1 Å². The van der Waals surface area contributed by atoms with Gasteiger partial charge in [0.05, 0.1) is 18.4 Å². The monoisotopic (exact) mass is 383 g/mol. The highest BCUT2D eigenvalue weighted by Crippen LogP contribution is 2.14. The molecule has 0 radical (unpaired) electrons. The van der Waals surface area contributed by atoms with Crippen molar-refractivity contribution in [2.45, 2.75) is 20.3 Å². The van der Waals surface area contributed by atoms with Crippen LogP contribution in [0.3, 0.4) is 0 Å². The third-order valence-corrected chi connectivity index (χ3v) is 4.68. The minimum atomic E-state index is -0.106. The lowest BCUT2D eigenvalue weighted by atomic mass is 10.1. The maximum Gasteiger partial charge on any atom is 0.280 e. The van der Waals surface area contributed by atoms with Crippen molar-refractivity contribution in [1.29, 1.82) is 0 Å². The fourth-order valence-corrected chi connectivity index (χ4v) is 3.09. The Bertz CT molecular complexity index is 999. The molecular weight excluding hydrogens is 362 g/mol. The van der Waals surface area contributed by atoms with Crippen molar-refractivity contribution < 1.29 is 4.74 Å². The minimum absolute atomic E-state index is 0.106. The maximum absolute atomic E-state index is 12.9. The van der Waals surface area contributed by atoms with Crippen molar-refractivity contribution in [3.63, 3.8) is 0 Å². The number of aliphatic imine (C=N–C) groups is 1. The molecule has 1 heterocycles. The summed E-state index contributed by atoms with van der Waals surface area (Å²) in [6.45, 7) is 4.37. The number of rotatable bonds is 6. The summed E-state index contributed by atoms with van der Waals surface area (Å²) in [5, 5.41) is 3.85. The lowest BCUT2D eigenvalue weighted by Crippen LogP contribution is -2.19. The molecule has 0 aliphatic rings. The summed E-state index contributed by atoms with van der Waals surface area (Å²) in [6, 6.07) is 15.1. The van der Waals surface area contributed by atoms with Crippen LogP contribution < -0.4 is 10.3 Å². The van der Waals surface area contributed by atoms with Gasteiger partial charge in [0.2, 0.25) is 0 Å². The molecule has 6 heteroatoms. The molecule has 0 aliphatic heterocycles. The average molecular weight is 384 g/mol. The minimum Gasteiger partial charge on any atom is -0.497 e. The average Bonchev–Trinajstić information content (AvgIpc) is 2.97. The van der Waals surface area contributed by atoms with Crippen molar-refractivity contribution in [3.05, 3.63) is 80.7 Å². The Kier molecular flexibility index (Phi) is 5.81. The number of aromatic amines is 1. The standard InChI is InChI=1S/C21H22ClN3O2/c1-14(23-13-12-16-4-6-17(22)7-5-16)20-15(2)24-25(21(20)26)18-8-10-19(27-3)11-9-18/h4-11,24H,12-13H2,1-3H3. The summed E-state index contributed by atoms with van der Waals surface area (Å²) in [5.74, 6) is 0.746. The third kappa shape index (κ3) is 4.31. The lowest BCUT2D eigenvalue weighted by Gasteiger charge is -2.03. The second-order valence-corrected chi connectivity index (χ2v) is 6.73. The molecule has 0 unspecified atom stereocenters. The first-order valence-corrected chi connectivity index (χ1v) is 9.09. The smallest absolute Gasteiger partial charge is 0.280 e. The number of methoxy groups -OCH3 is 1. The van der Waals surface area contributed by atoms with Crippen LogP contribution in [0.1, 0.15) is 23.7 Å². The molecule has 0 aliphatic carbocycles. The zero-order valence-corrected chi connectivity index (χ0v) is 16.4. The van der Waals surface area contributed by atoms with Gasteiger partial charge in [-0.15, -0.1) is 0 Å². The number of hydrogen-bond acceptors (Lipinski definition) is 3. The second-order valence-electron chi connectivity index (χ2n) is 6.29. The molecule has 0 spiro atoms. The van der Waals surface area contributed by atoms with Gasteiger partial charge in [-0.25, -0.2) is 4.68 Å². The number of ether oxygens (including phenoxy) is 1. The van der Waals surface area contributed by atoms with Gasteiger partial charge in [-0.2, -0.15) is 0 Å². The van der Waals surface area contributed by atoms with E-state index in [0.717, 1.165) is 39.8 Å². The van der Waals surface area contributed by atoms with E-state index in [1.807, 2.05) is 62.4 Å². The molecule has 0 atom stereocenters. The van der Waals surface area contributed by atoms with Crippen LogP contribution in [-0.2, 0) is 6.42 Å². The zero-order valence-electron chi connectivity index (χ0n) is 15.6. The van der Waals surface area contributed by atoms with E-state index in [4.69, 9.17) is 16.3 Å². The Morgan fingerprint density at radius 1 is 1.15 bits per heavy atom. The number of benzene rings is 2. The summed E-state index contributed by atoms with van der Waals surface area (Å²) in [4.78, 5) is 17.5. The molecule has 2 aromatic carbocycles. The predicted octanol–water partition coefficient (Wildman–Crippen LogP) is 4.19. The lowest BCUT2D eigenvalue weighted by molar-refractivity contribution is 0.414. The number of halogens is 1. The van der Waals surface area contributed by atoms with E-state index in [9.17, 15) is 4.79 Å². The fourth-order valence-electron chi connectivity index (χ4n) is 2.97. The van der Waals surface area contributed by atoms with Crippen LogP contribution in [-0.4, -0.2) is 29.1 Å². The number of aryl methyl sites for hydroxylation is 1. The highest BCUT2D eigenvalue weighted by atomic mass is 35.5. The molecule has 140 valence electrons. The molecule has 1 aromatic heterocycles. The summed E-state index contributed by atoms with van der Waals surface area (Å²) >= 11 is 5.91. The van der Waals surface area contributed by atoms with Gasteiger partial charge in [0, 0.05) is 23.0 Å². The summed E-state index contributed by atoms with van der Waals surface area (Å²) in [6.07, 6.45) is 0.796. The Morgan fingerprint density at radius 2 is 1.81 bits per heavy atom. The summed E-state index contributed by atoms with van der Waals surface area (Å²) in [5.41, 5.74) is 3.95. The Balaban J connectivity index is 1.80. The largest absolute Gasteiger partial charge is 0.497 e. The van der Waals surface area contributed by atoms with Crippen LogP contribution in [0.2, 0.25) is 5.02 Å². The van der Waals surface area contributed by atoms with Crippen LogP contribution in [0.15, 0.2) is 58.3 Å². The van der Waals surface area contributed by atoms with Crippen molar-refractivity contribution in [2.75, 3.05) is 13.7 Å². The van der Waals surface area contributed by atoms with Gasteiger partial charge in [-0.3, -0.25) is 14.9 Å². The van der Waals surface area contributed by atoms with Crippen LogP contribution >= 0.6 is 11.6 Å². The van der Waals surface area contributed by atoms with Crippen LogP contribution in [0.4, 0.5) is 0 Å². The second kappa shape index (κ2) is 8.27. The topological polar surface area (TPSA) is 59.4 Å². The van der Waals surface area contributed by atoms with Gasteiger partial charge >= 0.3 is 0 Å².